The monoisotopic (exact) mass is 406 g/mol. The fourth-order valence-electron chi connectivity index (χ4n) is 3.52. The molecule has 0 saturated carbocycles. The molecule has 0 aromatic rings. The van der Waals surface area contributed by atoms with Gasteiger partial charge in [-0.25, -0.2) is 0 Å². The quantitative estimate of drug-likeness (QED) is 0.0960. The van der Waals surface area contributed by atoms with Gasteiger partial charge in [0.25, 0.3) is 0 Å². The summed E-state index contributed by atoms with van der Waals surface area (Å²) >= 11 is 0. The van der Waals surface area contributed by atoms with Gasteiger partial charge in [-0.1, -0.05) is 95.8 Å². The van der Waals surface area contributed by atoms with Crippen molar-refractivity contribution in [3.8, 4) is 0 Å². The van der Waals surface area contributed by atoms with Gasteiger partial charge in [0.1, 0.15) is 0 Å². The summed E-state index contributed by atoms with van der Waals surface area (Å²) in [5.41, 5.74) is 0. The Morgan fingerprint density at radius 1 is 0.655 bits per heavy atom. The summed E-state index contributed by atoms with van der Waals surface area (Å²) in [6, 6.07) is 0. The highest BCUT2D eigenvalue weighted by molar-refractivity contribution is 5.69. The molecule has 0 radical (unpaired) electrons. The van der Waals surface area contributed by atoms with E-state index in [-0.39, 0.29) is 5.97 Å². The van der Waals surface area contributed by atoms with E-state index in [1.165, 1.54) is 89.9 Å². The zero-order valence-corrected chi connectivity index (χ0v) is 19.6. The summed E-state index contributed by atoms with van der Waals surface area (Å²) in [7, 11) is 0. The highest BCUT2D eigenvalue weighted by Crippen LogP contribution is 2.11. The molecule has 0 saturated heterocycles. The van der Waals surface area contributed by atoms with Crippen molar-refractivity contribution in [2.75, 3.05) is 6.61 Å². The molecule has 0 aliphatic heterocycles. The van der Waals surface area contributed by atoms with Crippen LogP contribution in [0.5, 0.6) is 0 Å². The van der Waals surface area contributed by atoms with Gasteiger partial charge in [-0.05, 0) is 51.4 Å². The molecule has 0 amide bonds. The Kier molecular flexibility index (Phi) is 24.1. The summed E-state index contributed by atoms with van der Waals surface area (Å²) in [5, 5.41) is 0. The van der Waals surface area contributed by atoms with Crippen molar-refractivity contribution in [3.63, 3.8) is 0 Å². The number of hydrogen-bond acceptors (Lipinski definition) is 2. The average Bonchev–Trinajstić information content (AvgIpc) is 2.72. The molecule has 2 heteroatoms. The van der Waals surface area contributed by atoms with Crippen molar-refractivity contribution in [1.82, 2.24) is 0 Å². The predicted molar refractivity (Wildman–Crippen MR) is 128 cm³/mol. The molecular weight excluding hydrogens is 356 g/mol. The highest BCUT2D eigenvalue weighted by Gasteiger charge is 2.02. The Bertz CT molecular complexity index is 373. The number of hydrogen-bond donors (Lipinski definition) is 0. The van der Waals surface area contributed by atoms with Gasteiger partial charge in [0.15, 0.2) is 0 Å². The van der Waals surface area contributed by atoms with E-state index >= 15 is 0 Å². The number of carbonyl (C=O) groups is 1. The molecule has 29 heavy (non-hydrogen) atoms. The van der Waals surface area contributed by atoms with Crippen LogP contribution in [0, 0.1) is 0 Å². The predicted octanol–water partition coefficient (Wildman–Crippen LogP) is 9.09. The highest BCUT2D eigenvalue weighted by atomic mass is 16.5. The van der Waals surface area contributed by atoms with Crippen molar-refractivity contribution < 1.29 is 9.53 Å². The minimum Gasteiger partial charge on any atom is -0.466 e. The van der Waals surface area contributed by atoms with Gasteiger partial charge in [0, 0.05) is 6.42 Å². The zero-order valence-electron chi connectivity index (χ0n) is 19.6. The summed E-state index contributed by atoms with van der Waals surface area (Å²) in [6.07, 6.45) is 31.0. The number of carbonyl (C=O) groups excluding carboxylic acids is 1. The first-order valence-electron chi connectivity index (χ1n) is 12.7. The van der Waals surface area contributed by atoms with Gasteiger partial charge >= 0.3 is 5.97 Å². The van der Waals surface area contributed by atoms with Crippen LogP contribution >= 0.6 is 0 Å². The van der Waals surface area contributed by atoms with Crippen molar-refractivity contribution in [2.45, 2.75) is 135 Å². The SMILES string of the molecule is C=CCCCCCCCOC(=O)CCCCCCC/C=C\CCCCCCCC. The van der Waals surface area contributed by atoms with Crippen molar-refractivity contribution in [2.24, 2.45) is 0 Å². The molecule has 0 aliphatic carbocycles. The van der Waals surface area contributed by atoms with Crippen LogP contribution in [0.4, 0.5) is 0 Å². The van der Waals surface area contributed by atoms with E-state index < -0.39 is 0 Å². The van der Waals surface area contributed by atoms with Crippen LogP contribution in [-0.4, -0.2) is 12.6 Å². The lowest BCUT2D eigenvalue weighted by molar-refractivity contribution is -0.143. The lowest BCUT2D eigenvalue weighted by atomic mass is 10.1. The van der Waals surface area contributed by atoms with E-state index in [0.717, 1.165) is 32.1 Å². The van der Waals surface area contributed by atoms with Crippen LogP contribution in [0.25, 0.3) is 0 Å². The van der Waals surface area contributed by atoms with Crippen LogP contribution in [0.2, 0.25) is 0 Å². The van der Waals surface area contributed by atoms with Gasteiger partial charge in [-0.15, -0.1) is 6.58 Å². The molecule has 0 rings (SSSR count). The van der Waals surface area contributed by atoms with Crippen LogP contribution in [-0.2, 0) is 9.53 Å². The van der Waals surface area contributed by atoms with E-state index in [1.807, 2.05) is 6.08 Å². The molecule has 0 heterocycles. The first-order chi connectivity index (χ1) is 14.3. The number of ether oxygens (including phenoxy) is 1. The molecular formula is C27H50O2. The largest absolute Gasteiger partial charge is 0.466 e. The normalized spacial score (nSPS) is 11.2. The molecule has 170 valence electrons. The van der Waals surface area contributed by atoms with E-state index in [9.17, 15) is 4.79 Å². The smallest absolute Gasteiger partial charge is 0.305 e. The fourth-order valence-corrected chi connectivity index (χ4v) is 3.52. The standard InChI is InChI=1S/C27H50O2/c1-3-5-7-9-11-12-13-14-15-16-17-18-19-21-23-25-27(28)29-26-24-22-20-10-8-6-4-2/h4,14-15H,2-3,5-13,16-26H2,1H3/b15-14-. The summed E-state index contributed by atoms with van der Waals surface area (Å²) in [4.78, 5) is 11.7. The Morgan fingerprint density at radius 2 is 1.14 bits per heavy atom. The number of unbranched alkanes of at least 4 members (excludes halogenated alkanes) is 16. The molecule has 0 aliphatic rings. The van der Waals surface area contributed by atoms with Gasteiger partial charge in [-0.3, -0.25) is 4.79 Å². The van der Waals surface area contributed by atoms with Gasteiger partial charge in [0.2, 0.25) is 0 Å². The summed E-state index contributed by atoms with van der Waals surface area (Å²) in [5.74, 6) is -0.00529. The van der Waals surface area contributed by atoms with E-state index in [4.69, 9.17) is 4.74 Å². The molecule has 0 fully saturated rings. The number of rotatable bonds is 23. The topological polar surface area (TPSA) is 26.3 Å². The minimum absolute atomic E-state index is 0.00529. The third kappa shape index (κ3) is 24.9. The first kappa shape index (κ1) is 27.9. The molecule has 0 aromatic carbocycles. The Morgan fingerprint density at radius 3 is 1.72 bits per heavy atom. The molecule has 0 aromatic heterocycles. The van der Waals surface area contributed by atoms with E-state index in [1.54, 1.807) is 0 Å². The molecule has 2 nitrogen and oxygen atoms in total. The van der Waals surface area contributed by atoms with Crippen molar-refractivity contribution >= 4 is 5.97 Å². The second-order valence-electron chi connectivity index (χ2n) is 8.40. The summed E-state index contributed by atoms with van der Waals surface area (Å²) < 4.78 is 5.32. The number of esters is 1. The van der Waals surface area contributed by atoms with E-state index in [0.29, 0.717) is 13.0 Å². The lowest BCUT2D eigenvalue weighted by Gasteiger charge is -2.05. The van der Waals surface area contributed by atoms with Crippen LogP contribution in [0.1, 0.15) is 135 Å². The van der Waals surface area contributed by atoms with Crippen LogP contribution < -0.4 is 0 Å². The summed E-state index contributed by atoms with van der Waals surface area (Å²) in [6.45, 7) is 6.61. The van der Waals surface area contributed by atoms with E-state index in [2.05, 4.69) is 25.7 Å². The molecule has 0 unspecified atom stereocenters. The maximum absolute atomic E-state index is 11.7. The Hall–Kier alpha value is -1.05. The zero-order chi connectivity index (χ0) is 21.3. The lowest BCUT2D eigenvalue weighted by Crippen LogP contribution is -2.05. The molecule has 0 bridgehead atoms. The average molecular weight is 407 g/mol. The second kappa shape index (κ2) is 25.0. The molecule has 0 spiro atoms. The molecule has 0 atom stereocenters. The third-order valence-electron chi connectivity index (χ3n) is 5.46. The molecule has 0 N–H and O–H groups in total. The third-order valence-corrected chi connectivity index (χ3v) is 5.46. The maximum Gasteiger partial charge on any atom is 0.305 e. The van der Waals surface area contributed by atoms with Crippen LogP contribution in [0.3, 0.4) is 0 Å². The van der Waals surface area contributed by atoms with Gasteiger partial charge < -0.3 is 4.74 Å². The van der Waals surface area contributed by atoms with Crippen LogP contribution in [0.15, 0.2) is 24.8 Å². The van der Waals surface area contributed by atoms with Crippen molar-refractivity contribution in [3.05, 3.63) is 24.8 Å². The number of allylic oxidation sites excluding steroid dienone is 3. The van der Waals surface area contributed by atoms with Gasteiger partial charge in [0.05, 0.1) is 6.61 Å². The first-order valence-corrected chi connectivity index (χ1v) is 12.7. The second-order valence-corrected chi connectivity index (χ2v) is 8.40. The Balaban J connectivity index is 3.20. The Labute approximate surface area is 182 Å². The van der Waals surface area contributed by atoms with Gasteiger partial charge in [-0.2, -0.15) is 0 Å². The fraction of sp³-hybridized carbons (Fsp3) is 0.815. The van der Waals surface area contributed by atoms with Crippen molar-refractivity contribution in [1.29, 1.82) is 0 Å². The maximum atomic E-state index is 11.7. The minimum atomic E-state index is -0.00529.